The molecule has 100 valence electrons. The number of hydrogen-bond donors (Lipinski definition) is 1. The van der Waals surface area contributed by atoms with Crippen molar-refractivity contribution in [1.82, 2.24) is 0 Å². The Bertz CT molecular complexity index is 666. The highest BCUT2D eigenvalue weighted by atomic mass is 16.5. The standard InChI is InChI=1S/C17H16N2O/c18-17-19-15(11-6-2-1-3-7-11)14-10-12-8-4-5-9-13(12)16(14)20-17/h1-9,14-16H,10H2,(H2,18,19)/t14-,15+,16-/m0/s1. The smallest absolute Gasteiger partial charge is 0.283 e. The molecule has 2 aromatic rings. The lowest BCUT2D eigenvalue weighted by molar-refractivity contribution is 0.0964. The minimum Gasteiger partial charge on any atom is -0.457 e. The van der Waals surface area contributed by atoms with Gasteiger partial charge in [0.25, 0.3) is 6.02 Å². The maximum absolute atomic E-state index is 5.90. The van der Waals surface area contributed by atoms with Gasteiger partial charge >= 0.3 is 0 Å². The Morgan fingerprint density at radius 2 is 1.75 bits per heavy atom. The van der Waals surface area contributed by atoms with Gasteiger partial charge in [-0.1, -0.05) is 54.6 Å². The first-order valence-electron chi connectivity index (χ1n) is 6.95. The molecule has 0 bridgehead atoms. The number of aliphatic imine (C=N–C) groups is 1. The lowest BCUT2D eigenvalue weighted by Crippen LogP contribution is -2.31. The highest BCUT2D eigenvalue weighted by Gasteiger charge is 2.42. The first-order chi connectivity index (χ1) is 9.83. The number of nitrogens with zero attached hydrogens (tertiary/aromatic N) is 1. The summed E-state index contributed by atoms with van der Waals surface area (Å²) in [6.45, 7) is 0. The Balaban J connectivity index is 1.78. The fourth-order valence-electron chi connectivity index (χ4n) is 3.38. The van der Waals surface area contributed by atoms with Crippen LogP contribution in [-0.2, 0) is 11.2 Å². The van der Waals surface area contributed by atoms with E-state index >= 15 is 0 Å². The normalized spacial score (nSPS) is 27.2. The summed E-state index contributed by atoms with van der Waals surface area (Å²) >= 11 is 0. The van der Waals surface area contributed by atoms with Crippen LogP contribution in [0.3, 0.4) is 0 Å². The predicted octanol–water partition coefficient (Wildman–Crippen LogP) is 2.99. The largest absolute Gasteiger partial charge is 0.457 e. The molecule has 0 amide bonds. The van der Waals surface area contributed by atoms with Gasteiger partial charge in [0.15, 0.2) is 0 Å². The van der Waals surface area contributed by atoms with Gasteiger partial charge in [-0.05, 0) is 23.1 Å². The van der Waals surface area contributed by atoms with Crippen molar-refractivity contribution in [3.8, 4) is 0 Å². The monoisotopic (exact) mass is 264 g/mol. The van der Waals surface area contributed by atoms with Gasteiger partial charge in [-0.3, -0.25) is 0 Å². The van der Waals surface area contributed by atoms with Crippen molar-refractivity contribution in [2.24, 2.45) is 16.6 Å². The van der Waals surface area contributed by atoms with Crippen molar-refractivity contribution in [2.75, 3.05) is 0 Å². The minimum atomic E-state index is 0.0360. The first-order valence-corrected chi connectivity index (χ1v) is 6.95. The lowest BCUT2D eigenvalue weighted by Gasteiger charge is -2.31. The average Bonchev–Trinajstić information content (AvgIpc) is 2.86. The van der Waals surface area contributed by atoms with Crippen LogP contribution in [0, 0.1) is 5.92 Å². The third kappa shape index (κ3) is 1.70. The van der Waals surface area contributed by atoms with Crippen molar-refractivity contribution in [1.29, 1.82) is 0 Å². The molecule has 3 heteroatoms. The number of ether oxygens (including phenoxy) is 1. The van der Waals surface area contributed by atoms with Crippen LogP contribution >= 0.6 is 0 Å². The second kappa shape index (κ2) is 4.37. The second-order valence-electron chi connectivity index (χ2n) is 5.43. The molecule has 3 nitrogen and oxygen atoms in total. The van der Waals surface area contributed by atoms with Crippen LogP contribution in [0.15, 0.2) is 59.6 Å². The molecule has 2 aromatic carbocycles. The maximum Gasteiger partial charge on any atom is 0.283 e. The van der Waals surface area contributed by atoms with E-state index in [4.69, 9.17) is 10.5 Å². The molecular weight excluding hydrogens is 248 g/mol. The zero-order chi connectivity index (χ0) is 13.5. The number of fused-ring (bicyclic) bond motifs is 3. The van der Waals surface area contributed by atoms with Crippen LogP contribution in [0.1, 0.15) is 28.8 Å². The predicted molar refractivity (Wildman–Crippen MR) is 78.3 cm³/mol. The van der Waals surface area contributed by atoms with Gasteiger partial charge in [0, 0.05) is 5.92 Å². The van der Waals surface area contributed by atoms with E-state index in [1.807, 2.05) is 18.2 Å². The molecule has 1 aliphatic carbocycles. The summed E-state index contributed by atoms with van der Waals surface area (Å²) in [7, 11) is 0. The summed E-state index contributed by atoms with van der Waals surface area (Å²) in [4.78, 5) is 4.55. The average molecular weight is 264 g/mol. The molecule has 1 aliphatic heterocycles. The van der Waals surface area contributed by atoms with Crippen molar-refractivity contribution in [3.05, 3.63) is 71.3 Å². The van der Waals surface area contributed by atoms with Crippen molar-refractivity contribution >= 4 is 6.02 Å². The summed E-state index contributed by atoms with van der Waals surface area (Å²) < 4.78 is 5.82. The zero-order valence-electron chi connectivity index (χ0n) is 11.1. The maximum atomic E-state index is 5.90. The lowest BCUT2D eigenvalue weighted by atomic mass is 9.88. The molecule has 0 unspecified atom stereocenters. The van der Waals surface area contributed by atoms with E-state index in [0.717, 1.165) is 6.42 Å². The minimum absolute atomic E-state index is 0.0360. The van der Waals surface area contributed by atoms with E-state index in [-0.39, 0.29) is 12.1 Å². The van der Waals surface area contributed by atoms with Crippen LogP contribution < -0.4 is 5.73 Å². The third-order valence-electron chi connectivity index (χ3n) is 4.27. The van der Waals surface area contributed by atoms with Crippen LogP contribution in [0.2, 0.25) is 0 Å². The van der Waals surface area contributed by atoms with E-state index < -0.39 is 0 Å². The summed E-state index contributed by atoms with van der Waals surface area (Å²) in [5.74, 6) is 0.335. The Morgan fingerprint density at radius 1 is 1.00 bits per heavy atom. The van der Waals surface area contributed by atoms with E-state index in [2.05, 4.69) is 41.4 Å². The molecule has 1 heterocycles. The number of nitrogens with two attached hydrogens (primary N) is 1. The van der Waals surface area contributed by atoms with Gasteiger partial charge in [-0.2, -0.15) is 0 Å². The molecule has 0 fully saturated rings. The molecule has 3 atom stereocenters. The number of rotatable bonds is 1. The summed E-state index contributed by atoms with van der Waals surface area (Å²) in [5.41, 5.74) is 9.73. The fraction of sp³-hybridized carbons (Fsp3) is 0.235. The Labute approximate surface area is 118 Å². The Kier molecular flexibility index (Phi) is 2.52. The Morgan fingerprint density at radius 3 is 2.60 bits per heavy atom. The molecule has 4 rings (SSSR count). The topological polar surface area (TPSA) is 47.6 Å². The molecular formula is C17H16N2O. The SMILES string of the molecule is NC1=N[C@H](c2ccccc2)[C@@H]2Cc3ccccc3[C@@H]2O1. The number of hydrogen-bond acceptors (Lipinski definition) is 3. The van der Waals surface area contributed by atoms with Gasteiger partial charge in [0.05, 0.1) is 6.04 Å². The van der Waals surface area contributed by atoms with Crippen LogP contribution in [-0.4, -0.2) is 6.02 Å². The van der Waals surface area contributed by atoms with E-state index in [0.29, 0.717) is 11.9 Å². The summed E-state index contributed by atoms with van der Waals surface area (Å²) in [6.07, 6.45) is 1.03. The summed E-state index contributed by atoms with van der Waals surface area (Å²) in [6, 6.07) is 19.2. The van der Waals surface area contributed by atoms with Crippen molar-refractivity contribution in [2.45, 2.75) is 18.6 Å². The van der Waals surface area contributed by atoms with Gasteiger partial charge in [0.1, 0.15) is 6.10 Å². The van der Waals surface area contributed by atoms with Gasteiger partial charge < -0.3 is 10.5 Å². The molecule has 2 aliphatic rings. The van der Waals surface area contributed by atoms with Crippen LogP contribution in [0.4, 0.5) is 0 Å². The fourth-order valence-corrected chi connectivity index (χ4v) is 3.38. The van der Waals surface area contributed by atoms with E-state index in [1.165, 1.54) is 16.7 Å². The first kappa shape index (κ1) is 11.5. The van der Waals surface area contributed by atoms with Crippen molar-refractivity contribution < 1.29 is 4.74 Å². The molecule has 0 saturated heterocycles. The molecule has 0 saturated carbocycles. The molecule has 0 aromatic heterocycles. The molecule has 0 spiro atoms. The summed E-state index contributed by atoms with van der Waals surface area (Å²) in [5, 5.41) is 0. The molecule has 0 radical (unpaired) electrons. The molecule has 2 N–H and O–H groups in total. The van der Waals surface area contributed by atoms with Gasteiger partial charge in [0.2, 0.25) is 0 Å². The third-order valence-corrected chi connectivity index (χ3v) is 4.27. The van der Waals surface area contributed by atoms with Crippen LogP contribution in [0.25, 0.3) is 0 Å². The highest BCUT2D eigenvalue weighted by Crippen LogP contribution is 2.48. The van der Waals surface area contributed by atoms with Crippen LogP contribution in [0.5, 0.6) is 0 Å². The highest BCUT2D eigenvalue weighted by molar-refractivity contribution is 5.73. The van der Waals surface area contributed by atoms with Crippen molar-refractivity contribution in [3.63, 3.8) is 0 Å². The molecule has 20 heavy (non-hydrogen) atoms. The number of amidine groups is 1. The Hall–Kier alpha value is -2.29. The van der Waals surface area contributed by atoms with Gasteiger partial charge in [-0.15, -0.1) is 0 Å². The van der Waals surface area contributed by atoms with E-state index in [1.54, 1.807) is 0 Å². The second-order valence-corrected chi connectivity index (χ2v) is 5.43. The quantitative estimate of drug-likeness (QED) is 0.860. The number of benzene rings is 2. The van der Waals surface area contributed by atoms with Gasteiger partial charge in [-0.25, -0.2) is 4.99 Å². The zero-order valence-corrected chi connectivity index (χ0v) is 11.1. The van der Waals surface area contributed by atoms with E-state index in [9.17, 15) is 0 Å².